The maximum Gasteiger partial charge on any atom is 0.255 e. The van der Waals surface area contributed by atoms with Gasteiger partial charge < -0.3 is 10.5 Å². The number of methoxy groups -OCH3 is 1. The fourth-order valence-corrected chi connectivity index (χ4v) is 0.837. The molecule has 0 fully saturated rings. The second-order valence-corrected chi connectivity index (χ2v) is 2.06. The smallest absolute Gasteiger partial charge is 0.255 e. The fourth-order valence-electron chi connectivity index (χ4n) is 0.837. The number of hydrogen-bond acceptors (Lipinski definition) is 3. The molecule has 0 atom stereocenters. The number of carbonyl (C=O) groups excluding carboxylic acids is 1. The number of nitrogens with two attached hydrogens (primary N) is 1. The van der Waals surface area contributed by atoms with Crippen LogP contribution in [0.2, 0.25) is 0 Å². The molecule has 0 radical (unpaired) electrons. The molecule has 0 aliphatic carbocycles. The summed E-state index contributed by atoms with van der Waals surface area (Å²) in [4.78, 5) is 10.7. The molecule has 0 aromatic carbocycles. The third-order valence-electron chi connectivity index (χ3n) is 1.34. The Morgan fingerprint density at radius 3 is 2.82 bits per heavy atom. The lowest BCUT2D eigenvalue weighted by molar-refractivity contribution is 0.0997. The summed E-state index contributed by atoms with van der Waals surface area (Å²) in [7, 11) is 3.13. The van der Waals surface area contributed by atoms with E-state index in [0.717, 1.165) is 0 Å². The molecule has 5 nitrogen and oxygen atoms in total. The molecule has 0 saturated heterocycles. The Labute approximate surface area is 63.7 Å². The lowest BCUT2D eigenvalue weighted by Crippen LogP contribution is -2.11. The summed E-state index contributed by atoms with van der Waals surface area (Å²) in [5, 5.41) is 3.80. The molecule has 1 amide bonds. The standard InChI is InChI=1S/C6H9N3O2/c1-9-6(11-2)4(3-8-9)5(7)10/h3H,1-2H3,(H2,7,10). The Balaban J connectivity index is 3.15. The van der Waals surface area contributed by atoms with Crippen LogP contribution in [0.3, 0.4) is 0 Å². The highest BCUT2D eigenvalue weighted by atomic mass is 16.5. The minimum Gasteiger partial charge on any atom is -0.481 e. The number of hydrogen-bond donors (Lipinski definition) is 1. The third kappa shape index (κ3) is 1.17. The molecule has 0 spiro atoms. The quantitative estimate of drug-likeness (QED) is 0.627. The van der Waals surface area contributed by atoms with Crippen LogP contribution < -0.4 is 10.5 Å². The Hall–Kier alpha value is -1.52. The van der Waals surface area contributed by atoms with Gasteiger partial charge in [-0.05, 0) is 0 Å². The summed E-state index contributed by atoms with van der Waals surface area (Å²) in [5.41, 5.74) is 5.33. The maximum absolute atomic E-state index is 10.7. The zero-order valence-corrected chi connectivity index (χ0v) is 6.37. The van der Waals surface area contributed by atoms with E-state index in [4.69, 9.17) is 10.5 Å². The van der Waals surface area contributed by atoms with Crippen LogP contribution in [-0.4, -0.2) is 22.8 Å². The van der Waals surface area contributed by atoms with Crippen molar-refractivity contribution in [3.8, 4) is 5.88 Å². The fraction of sp³-hybridized carbons (Fsp3) is 0.333. The van der Waals surface area contributed by atoms with E-state index in [1.54, 1.807) is 7.05 Å². The van der Waals surface area contributed by atoms with Crippen LogP contribution in [0.15, 0.2) is 6.20 Å². The largest absolute Gasteiger partial charge is 0.481 e. The van der Waals surface area contributed by atoms with E-state index in [9.17, 15) is 4.79 Å². The molecule has 0 bridgehead atoms. The van der Waals surface area contributed by atoms with Gasteiger partial charge in [-0.2, -0.15) is 5.10 Å². The van der Waals surface area contributed by atoms with Crippen molar-refractivity contribution in [2.45, 2.75) is 0 Å². The van der Waals surface area contributed by atoms with Crippen LogP contribution in [0.4, 0.5) is 0 Å². The second kappa shape index (κ2) is 2.61. The van der Waals surface area contributed by atoms with E-state index in [0.29, 0.717) is 11.4 Å². The summed E-state index contributed by atoms with van der Waals surface area (Å²) in [5.74, 6) is -0.146. The minimum atomic E-state index is -0.532. The molecule has 60 valence electrons. The predicted octanol–water partition coefficient (Wildman–Crippen LogP) is -0.472. The Morgan fingerprint density at radius 2 is 2.45 bits per heavy atom. The molecule has 1 aromatic rings. The molecule has 1 aromatic heterocycles. The Kier molecular flexibility index (Phi) is 1.80. The zero-order valence-electron chi connectivity index (χ0n) is 6.37. The first kappa shape index (κ1) is 7.59. The molecule has 1 rings (SSSR count). The molecule has 2 N–H and O–H groups in total. The van der Waals surface area contributed by atoms with Crippen LogP contribution in [-0.2, 0) is 7.05 Å². The summed E-state index contributed by atoms with van der Waals surface area (Å²) in [6.07, 6.45) is 1.38. The van der Waals surface area contributed by atoms with Gasteiger partial charge in [0.15, 0.2) is 0 Å². The van der Waals surface area contributed by atoms with Crippen LogP contribution in [0, 0.1) is 0 Å². The second-order valence-electron chi connectivity index (χ2n) is 2.06. The lowest BCUT2D eigenvalue weighted by atomic mass is 10.3. The van der Waals surface area contributed by atoms with Crippen molar-refractivity contribution in [1.29, 1.82) is 0 Å². The summed E-state index contributed by atoms with van der Waals surface area (Å²) in [6, 6.07) is 0. The van der Waals surface area contributed by atoms with Crippen LogP contribution in [0.25, 0.3) is 0 Å². The van der Waals surface area contributed by atoms with E-state index >= 15 is 0 Å². The van der Waals surface area contributed by atoms with Gasteiger partial charge in [0.2, 0.25) is 5.88 Å². The first-order valence-electron chi connectivity index (χ1n) is 3.02. The highest BCUT2D eigenvalue weighted by Crippen LogP contribution is 2.14. The number of carbonyl (C=O) groups is 1. The average molecular weight is 155 g/mol. The molecule has 0 saturated carbocycles. The number of aryl methyl sites for hydroxylation is 1. The maximum atomic E-state index is 10.7. The topological polar surface area (TPSA) is 70.1 Å². The molecule has 0 aliphatic rings. The number of rotatable bonds is 2. The van der Waals surface area contributed by atoms with Gasteiger partial charge in [-0.15, -0.1) is 0 Å². The molecular weight excluding hydrogens is 146 g/mol. The minimum absolute atomic E-state index is 0.301. The monoisotopic (exact) mass is 155 g/mol. The van der Waals surface area contributed by atoms with Gasteiger partial charge in [-0.3, -0.25) is 4.79 Å². The summed E-state index contributed by atoms with van der Waals surface area (Å²) < 4.78 is 6.32. The van der Waals surface area contributed by atoms with Crippen molar-refractivity contribution in [2.75, 3.05) is 7.11 Å². The molecule has 5 heteroatoms. The lowest BCUT2D eigenvalue weighted by Gasteiger charge is -1.99. The SMILES string of the molecule is COc1c(C(N)=O)cnn1C. The van der Waals surface area contributed by atoms with Crippen LogP contribution in [0.1, 0.15) is 10.4 Å². The molecular formula is C6H9N3O2. The first-order chi connectivity index (χ1) is 5.16. The highest BCUT2D eigenvalue weighted by molar-refractivity contribution is 5.94. The van der Waals surface area contributed by atoms with Crippen molar-refractivity contribution in [3.63, 3.8) is 0 Å². The first-order valence-corrected chi connectivity index (χ1v) is 3.02. The van der Waals surface area contributed by atoms with Crippen molar-refractivity contribution in [2.24, 2.45) is 12.8 Å². The third-order valence-corrected chi connectivity index (χ3v) is 1.34. The van der Waals surface area contributed by atoms with Gasteiger partial charge in [0.05, 0.1) is 13.3 Å². The number of primary amides is 1. The van der Waals surface area contributed by atoms with Crippen molar-refractivity contribution >= 4 is 5.91 Å². The number of ether oxygens (including phenoxy) is 1. The number of nitrogens with zero attached hydrogens (tertiary/aromatic N) is 2. The van der Waals surface area contributed by atoms with Gasteiger partial charge in [0, 0.05) is 7.05 Å². The van der Waals surface area contributed by atoms with Crippen molar-refractivity contribution in [3.05, 3.63) is 11.8 Å². The van der Waals surface area contributed by atoms with Gasteiger partial charge in [0.25, 0.3) is 5.91 Å². The van der Waals surface area contributed by atoms with Crippen LogP contribution in [0.5, 0.6) is 5.88 Å². The normalized spacial score (nSPS) is 9.64. The van der Waals surface area contributed by atoms with E-state index in [-0.39, 0.29) is 0 Å². The van der Waals surface area contributed by atoms with Gasteiger partial charge >= 0.3 is 0 Å². The van der Waals surface area contributed by atoms with E-state index in [1.165, 1.54) is 18.0 Å². The molecule has 11 heavy (non-hydrogen) atoms. The summed E-state index contributed by atoms with van der Waals surface area (Å²) in [6.45, 7) is 0. The van der Waals surface area contributed by atoms with Crippen molar-refractivity contribution in [1.82, 2.24) is 9.78 Å². The molecule has 0 unspecified atom stereocenters. The number of amides is 1. The Morgan fingerprint density at radius 1 is 1.82 bits per heavy atom. The van der Waals surface area contributed by atoms with E-state index < -0.39 is 5.91 Å². The highest BCUT2D eigenvalue weighted by Gasteiger charge is 2.12. The Bertz CT molecular complexity index is 279. The van der Waals surface area contributed by atoms with Crippen LogP contribution >= 0.6 is 0 Å². The van der Waals surface area contributed by atoms with E-state index in [2.05, 4.69) is 5.10 Å². The average Bonchev–Trinajstić information content (AvgIpc) is 2.30. The zero-order chi connectivity index (χ0) is 8.43. The van der Waals surface area contributed by atoms with Gasteiger partial charge in [-0.1, -0.05) is 0 Å². The van der Waals surface area contributed by atoms with Gasteiger partial charge in [0.1, 0.15) is 5.56 Å². The molecule has 1 heterocycles. The van der Waals surface area contributed by atoms with Crippen molar-refractivity contribution < 1.29 is 9.53 Å². The summed E-state index contributed by atoms with van der Waals surface area (Å²) >= 11 is 0. The predicted molar refractivity (Wildman–Crippen MR) is 38.3 cm³/mol. The van der Waals surface area contributed by atoms with E-state index in [1.807, 2.05) is 0 Å². The number of aromatic nitrogens is 2. The molecule has 0 aliphatic heterocycles. The van der Waals surface area contributed by atoms with Gasteiger partial charge in [-0.25, -0.2) is 4.68 Å².